The molecule has 0 radical (unpaired) electrons. The highest BCUT2D eigenvalue weighted by atomic mass is 79.9. The molecule has 126 valence electrons. The molecule has 1 atom stereocenters. The van der Waals surface area contributed by atoms with Crippen LogP contribution in [0.25, 0.3) is 0 Å². The van der Waals surface area contributed by atoms with E-state index in [0.29, 0.717) is 24.8 Å². The highest BCUT2D eigenvalue weighted by Crippen LogP contribution is 2.30. The molecule has 2 rings (SSSR count). The molecule has 1 aliphatic rings. The molecule has 0 spiro atoms. The van der Waals surface area contributed by atoms with Crippen molar-refractivity contribution in [3.05, 3.63) is 22.7 Å². The highest BCUT2D eigenvalue weighted by molar-refractivity contribution is 9.10. The lowest BCUT2D eigenvalue weighted by Gasteiger charge is -2.31. The number of nitrogens with zero attached hydrogens (tertiary/aromatic N) is 1. The Morgan fingerprint density at radius 2 is 2.18 bits per heavy atom. The van der Waals surface area contributed by atoms with E-state index in [-0.39, 0.29) is 17.3 Å². The van der Waals surface area contributed by atoms with Crippen molar-refractivity contribution in [3.63, 3.8) is 0 Å². The third-order valence-corrected chi connectivity index (χ3v) is 6.25. The Morgan fingerprint density at radius 3 is 2.82 bits per heavy atom. The van der Waals surface area contributed by atoms with Crippen molar-refractivity contribution in [2.75, 3.05) is 33.8 Å². The van der Waals surface area contributed by atoms with E-state index in [9.17, 15) is 8.42 Å². The third-order valence-electron chi connectivity index (χ3n) is 3.73. The zero-order valence-electron chi connectivity index (χ0n) is 12.7. The number of halogens is 2. The molecule has 5 nitrogen and oxygen atoms in total. The minimum atomic E-state index is -3.46. The summed E-state index contributed by atoms with van der Waals surface area (Å²) >= 11 is 3.34. The quantitative estimate of drug-likeness (QED) is 0.806. The van der Waals surface area contributed by atoms with Crippen LogP contribution < -0.4 is 10.1 Å². The van der Waals surface area contributed by atoms with Crippen molar-refractivity contribution >= 4 is 38.4 Å². The molecule has 1 unspecified atom stereocenters. The van der Waals surface area contributed by atoms with Gasteiger partial charge in [0.25, 0.3) is 0 Å². The summed E-state index contributed by atoms with van der Waals surface area (Å²) < 4.78 is 33.0. The summed E-state index contributed by atoms with van der Waals surface area (Å²) in [7, 11) is -0.0339. The van der Waals surface area contributed by atoms with Crippen LogP contribution in [0.15, 0.2) is 27.6 Å². The van der Waals surface area contributed by atoms with Crippen LogP contribution in [0.5, 0.6) is 5.75 Å². The Hall–Kier alpha value is -0.340. The molecule has 22 heavy (non-hydrogen) atoms. The maximum atomic E-state index is 12.8. The van der Waals surface area contributed by atoms with Crippen LogP contribution >= 0.6 is 28.3 Å². The molecule has 0 aromatic heterocycles. The number of rotatable bonds is 5. The topological polar surface area (TPSA) is 58.6 Å². The molecule has 0 saturated carbocycles. The molecule has 0 bridgehead atoms. The molecule has 0 amide bonds. The van der Waals surface area contributed by atoms with Crippen LogP contribution in [0, 0.1) is 5.92 Å². The van der Waals surface area contributed by atoms with E-state index in [1.807, 2.05) is 7.05 Å². The van der Waals surface area contributed by atoms with E-state index in [0.717, 1.165) is 23.9 Å². The van der Waals surface area contributed by atoms with Gasteiger partial charge < -0.3 is 10.1 Å². The van der Waals surface area contributed by atoms with Crippen LogP contribution in [-0.2, 0) is 10.0 Å². The first-order chi connectivity index (χ1) is 9.98. The second-order valence-electron chi connectivity index (χ2n) is 5.23. The number of methoxy groups -OCH3 is 1. The molecule has 1 heterocycles. The average Bonchev–Trinajstić information content (AvgIpc) is 2.48. The van der Waals surface area contributed by atoms with E-state index in [2.05, 4.69) is 21.2 Å². The van der Waals surface area contributed by atoms with Crippen LogP contribution in [0.3, 0.4) is 0 Å². The molecular weight excluding hydrogens is 392 g/mol. The van der Waals surface area contributed by atoms with Gasteiger partial charge in [0.2, 0.25) is 10.0 Å². The number of nitrogens with one attached hydrogen (secondary N) is 1. The summed E-state index contributed by atoms with van der Waals surface area (Å²) in [6.07, 6.45) is 1.97. The van der Waals surface area contributed by atoms with Crippen LogP contribution in [-0.4, -0.2) is 46.5 Å². The van der Waals surface area contributed by atoms with Gasteiger partial charge in [-0.15, -0.1) is 12.4 Å². The van der Waals surface area contributed by atoms with E-state index >= 15 is 0 Å². The van der Waals surface area contributed by atoms with Gasteiger partial charge in [0.05, 0.1) is 16.5 Å². The molecule has 1 N–H and O–H groups in total. The van der Waals surface area contributed by atoms with Gasteiger partial charge in [0, 0.05) is 19.2 Å². The van der Waals surface area contributed by atoms with Gasteiger partial charge in [0.1, 0.15) is 5.75 Å². The minimum absolute atomic E-state index is 0. The Labute approximate surface area is 147 Å². The molecule has 8 heteroatoms. The Morgan fingerprint density at radius 1 is 1.45 bits per heavy atom. The first-order valence-corrected chi connectivity index (χ1v) is 9.20. The normalized spacial score (nSPS) is 19.5. The number of hydrogen-bond donors (Lipinski definition) is 1. The van der Waals surface area contributed by atoms with Crippen LogP contribution in [0.2, 0.25) is 0 Å². The Bertz CT molecular complexity index is 596. The van der Waals surface area contributed by atoms with Crippen LogP contribution in [0.4, 0.5) is 0 Å². The lowest BCUT2D eigenvalue weighted by atomic mass is 10.00. The first kappa shape index (κ1) is 19.7. The van der Waals surface area contributed by atoms with Gasteiger partial charge in [-0.1, -0.05) is 0 Å². The van der Waals surface area contributed by atoms with Gasteiger partial charge in [-0.2, -0.15) is 4.31 Å². The first-order valence-electron chi connectivity index (χ1n) is 6.97. The van der Waals surface area contributed by atoms with E-state index in [1.165, 1.54) is 7.11 Å². The monoisotopic (exact) mass is 412 g/mol. The molecular formula is C14H22BrClN2O3S. The molecule has 1 aromatic carbocycles. The molecule has 1 aromatic rings. The number of piperidine rings is 1. The van der Waals surface area contributed by atoms with E-state index in [4.69, 9.17) is 4.74 Å². The summed E-state index contributed by atoms with van der Waals surface area (Å²) in [6.45, 7) is 2.00. The highest BCUT2D eigenvalue weighted by Gasteiger charge is 2.30. The molecule has 1 saturated heterocycles. The predicted molar refractivity (Wildman–Crippen MR) is 93.4 cm³/mol. The second-order valence-corrected chi connectivity index (χ2v) is 8.02. The van der Waals surface area contributed by atoms with Crippen molar-refractivity contribution in [1.82, 2.24) is 9.62 Å². The molecule has 0 aliphatic carbocycles. The predicted octanol–water partition coefficient (Wildman–Crippen LogP) is 2.50. The summed E-state index contributed by atoms with van der Waals surface area (Å²) in [4.78, 5) is 0.285. The number of hydrogen-bond acceptors (Lipinski definition) is 4. The third kappa shape index (κ3) is 4.35. The van der Waals surface area contributed by atoms with Gasteiger partial charge in [0.15, 0.2) is 0 Å². The maximum Gasteiger partial charge on any atom is 0.243 e. The van der Waals surface area contributed by atoms with Gasteiger partial charge in [-0.3, -0.25) is 0 Å². The SMILES string of the molecule is CNCC1CCCN(S(=O)(=O)c2ccc(Br)c(OC)c2)C1.Cl. The minimum Gasteiger partial charge on any atom is -0.496 e. The number of sulfonamides is 1. The van der Waals surface area contributed by atoms with Crippen molar-refractivity contribution < 1.29 is 13.2 Å². The Balaban J connectivity index is 0.00000242. The van der Waals surface area contributed by atoms with E-state index < -0.39 is 10.0 Å². The van der Waals surface area contributed by atoms with Crippen molar-refractivity contribution in [2.24, 2.45) is 5.92 Å². The molecule has 1 aliphatic heterocycles. The molecule has 1 fully saturated rings. The maximum absolute atomic E-state index is 12.8. The zero-order valence-corrected chi connectivity index (χ0v) is 15.9. The lowest BCUT2D eigenvalue weighted by Crippen LogP contribution is -2.42. The fourth-order valence-electron chi connectivity index (χ4n) is 2.65. The smallest absolute Gasteiger partial charge is 0.243 e. The largest absolute Gasteiger partial charge is 0.496 e. The summed E-state index contributed by atoms with van der Waals surface area (Å²) in [5.74, 6) is 0.899. The fraction of sp³-hybridized carbons (Fsp3) is 0.571. The number of ether oxygens (including phenoxy) is 1. The van der Waals surface area contributed by atoms with Crippen molar-refractivity contribution in [3.8, 4) is 5.75 Å². The summed E-state index contributed by atoms with van der Waals surface area (Å²) in [5.41, 5.74) is 0. The van der Waals surface area contributed by atoms with E-state index in [1.54, 1.807) is 22.5 Å². The van der Waals surface area contributed by atoms with Crippen LogP contribution in [0.1, 0.15) is 12.8 Å². The summed E-state index contributed by atoms with van der Waals surface area (Å²) in [5, 5.41) is 3.13. The van der Waals surface area contributed by atoms with Gasteiger partial charge in [-0.05, 0) is 60.4 Å². The zero-order chi connectivity index (χ0) is 15.5. The van der Waals surface area contributed by atoms with Gasteiger partial charge in [-0.25, -0.2) is 8.42 Å². The van der Waals surface area contributed by atoms with Gasteiger partial charge >= 0.3 is 0 Å². The standard InChI is InChI=1S/C14H21BrN2O3S.ClH/c1-16-9-11-4-3-7-17(10-11)21(18,19)12-5-6-13(15)14(8-12)20-2;/h5-6,8,11,16H,3-4,7,9-10H2,1-2H3;1H. The average molecular weight is 414 g/mol. The van der Waals surface area contributed by atoms with Crippen molar-refractivity contribution in [2.45, 2.75) is 17.7 Å². The fourth-order valence-corrected chi connectivity index (χ4v) is 4.63. The number of benzene rings is 1. The lowest BCUT2D eigenvalue weighted by molar-refractivity contribution is 0.263. The Kier molecular flexibility index (Phi) is 7.61. The summed E-state index contributed by atoms with van der Waals surface area (Å²) in [6, 6.07) is 4.89. The van der Waals surface area contributed by atoms with Crippen molar-refractivity contribution in [1.29, 1.82) is 0 Å². The second kappa shape index (κ2) is 8.49.